The summed E-state index contributed by atoms with van der Waals surface area (Å²) in [6.07, 6.45) is -42.2. The smallest absolute Gasteiger partial charge is 0.340 e. The zero-order valence-electron chi connectivity index (χ0n) is 66.7. The van der Waals surface area contributed by atoms with E-state index in [0.29, 0.717) is 12.8 Å². The number of methoxy groups -OCH3 is 4. The Kier molecular flexibility index (Phi) is 44.6. The Morgan fingerprint density at radius 1 is 0.345 bits per heavy atom. The molecule has 0 spiro atoms. The van der Waals surface area contributed by atoms with Crippen LogP contribution in [0.3, 0.4) is 0 Å². The van der Waals surface area contributed by atoms with Crippen LogP contribution in [0, 0.1) is 0 Å². The Labute approximate surface area is 681 Å². The van der Waals surface area contributed by atoms with Crippen LogP contribution in [0.25, 0.3) is 0 Å². The average molecular weight is 1720 g/mol. The van der Waals surface area contributed by atoms with Gasteiger partial charge in [0, 0.05) is 85.2 Å². The summed E-state index contributed by atoms with van der Waals surface area (Å²) < 4.78 is 96.1. The van der Waals surface area contributed by atoms with Crippen molar-refractivity contribution in [2.45, 2.75) is 264 Å². The summed E-state index contributed by atoms with van der Waals surface area (Å²) in [6, 6.07) is -4.35. The number of ether oxygens (including phenoxy) is 18. The molecule has 6 aliphatic rings. The fourth-order valence-electron chi connectivity index (χ4n) is 11.8. The summed E-state index contributed by atoms with van der Waals surface area (Å²) >= 11 is 0. The Morgan fingerprint density at radius 3 is 0.950 bits per heavy atom. The number of aliphatic hydroxyl groups excluding tert-OH is 10. The van der Waals surface area contributed by atoms with Crippen molar-refractivity contribution in [2.24, 2.45) is 0 Å². The molecule has 0 bridgehead atoms. The van der Waals surface area contributed by atoms with Crippen LogP contribution >= 0.6 is 0 Å². The molecule has 6 heterocycles. The predicted molar refractivity (Wildman–Crippen MR) is 391 cm³/mol. The molecule has 0 radical (unpaired) electrons. The van der Waals surface area contributed by atoms with Crippen molar-refractivity contribution >= 4 is 71.4 Å². The first-order chi connectivity index (χ1) is 55.9. The van der Waals surface area contributed by atoms with E-state index in [1.807, 2.05) is 0 Å². The molecule has 674 valence electrons. The van der Waals surface area contributed by atoms with Gasteiger partial charge in [-0.05, 0) is 40.0 Å². The van der Waals surface area contributed by atoms with E-state index < -0.39 is 275 Å². The SMILES string of the molecule is C=C(C)C(=O)OC(=O)C(=C)C.C=CCCC(=O)OC(=O)CCC=C.C=CCCC(=O)OCC1O[C@@H](OC)C(NC(C)=O)[C@@H](O[C@@H]2OC(C(=O)O)[C@@H](O[C@@H]3OC(COC(=O)C(=C)C)[C@@H](O)[C@H](O[C@@H]4OC(C(=O)O)[C@@H](OC)[C@H](O)C4O)C3NC(C)=O)[C@H](O)C2O)[C@@H]1O.CO[C@@H]1OC(CO)[C@@H](O)[C@H](O[C@@H]2OC(C(=O)O)[C@@H](OC)[C@H](O)C2O)C1NC(C)=O. The van der Waals surface area contributed by atoms with Crippen LogP contribution in [-0.2, 0) is 143 Å². The number of allylic oxidation sites excluding steroid dienone is 3. The van der Waals surface area contributed by atoms with Crippen molar-refractivity contribution in [3.05, 3.63) is 74.4 Å². The number of esters is 6. The standard InChI is InChI=1S/C39H58N2O25.C16H27NO12.C10H14O3.C8H10O3/c1-8-9-10-18(44)58-11-16-21(45)27(19(40-14(4)42)36(57-7)60-16)62-39-26(50)24(48)30(32(66-39)34(53)54)64-37-20(41-15(5)43)28(22(46)17(61-37)12-59-35(55)13(2)3)63-38-25(49)23(47)29(56-6)31(65-38)33(51)52;1-5(19)17-7-11(8(20)6(4-18)27-15(7)26-3)28-16-10(22)9(21)12(25-2)13(29-16)14(23)24;1-3-5-7-9(11)13-10(12)8-6-4-2;1-5(2)7(9)11-8(10)6(3)4/h8,16-17,19-32,36-39,45-50H,1-2,9-12H2,3-7H3,(H,40,42)(H,41,43)(H,51,52)(H,53,54);6-13,15-16,18,20-22H,4H2,1-3H3,(H,17,19)(H,23,24);3-4H,1-2,5-8H2;1,3H2,2,4H3/t16?,17?,19?,20?,21-,22-,23-,24-,25?,26?,27-,28-,29+,30+,31?,32?,36-,37+,38-,39-;6?,7?,8-,9-,10?,11-,12+,13?,15-,16-;;/m11../s1. The molecule has 46 heteroatoms. The molecule has 0 saturated carbocycles. The highest BCUT2D eigenvalue weighted by molar-refractivity contribution is 6.00. The van der Waals surface area contributed by atoms with Gasteiger partial charge in [0.25, 0.3) is 0 Å². The van der Waals surface area contributed by atoms with E-state index in [1.165, 1.54) is 48.0 Å². The monoisotopic (exact) mass is 1720 g/mol. The Hall–Kier alpha value is -8.48. The van der Waals surface area contributed by atoms with Crippen molar-refractivity contribution < 1.29 is 209 Å². The third-order valence-corrected chi connectivity index (χ3v) is 17.8. The van der Waals surface area contributed by atoms with Crippen LogP contribution in [0.15, 0.2) is 74.4 Å². The van der Waals surface area contributed by atoms with Gasteiger partial charge in [-0.2, -0.15) is 0 Å². The molecule has 30 atom stereocenters. The first kappa shape index (κ1) is 105. The topological polar surface area (TPSA) is 670 Å². The molecule has 6 saturated heterocycles. The van der Waals surface area contributed by atoms with E-state index in [2.05, 4.69) is 64.9 Å². The largest absolute Gasteiger partial charge is 0.479 e. The number of nitrogens with one attached hydrogen (secondary N) is 3. The number of rotatable bonds is 35. The van der Waals surface area contributed by atoms with Gasteiger partial charge < -0.3 is 168 Å². The highest BCUT2D eigenvalue weighted by Gasteiger charge is 2.59. The van der Waals surface area contributed by atoms with Gasteiger partial charge in [0.15, 0.2) is 56.1 Å². The lowest BCUT2D eigenvalue weighted by Gasteiger charge is -2.50. The van der Waals surface area contributed by atoms with E-state index in [9.17, 15) is 124 Å². The summed E-state index contributed by atoms with van der Waals surface area (Å²) in [7, 11) is 4.61. The van der Waals surface area contributed by atoms with E-state index >= 15 is 0 Å². The maximum Gasteiger partial charge on any atom is 0.340 e. The second-order valence-electron chi connectivity index (χ2n) is 27.1. The minimum Gasteiger partial charge on any atom is -0.479 e. The van der Waals surface area contributed by atoms with Gasteiger partial charge >= 0.3 is 53.7 Å². The Morgan fingerprint density at radius 2 is 0.639 bits per heavy atom. The van der Waals surface area contributed by atoms with Crippen molar-refractivity contribution in [2.75, 3.05) is 48.3 Å². The summed E-state index contributed by atoms with van der Waals surface area (Å²) in [5.41, 5.74) is 0.293. The molecule has 12 unspecified atom stereocenters. The number of hydrogen-bond acceptors (Lipinski definition) is 40. The lowest BCUT2D eigenvalue weighted by Crippen LogP contribution is -2.71. The fraction of sp³-hybridized carbons (Fsp3) is 0.671. The number of aliphatic carboxylic acids is 3. The maximum absolute atomic E-state index is 12.9. The molecule has 46 nitrogen and oxygen atoms in total. The molecule has 0 aromatic rings. The van der Waals surface area contributed by atoms with Crippen LogP contribution in [0.1, 0.15) is 80.1 Å². The van der Waals surface area contributed by atoms with Crippen LogP contribution in [0.5, 0.6) is 0 Å². The quantitative estimate of drug-likeness (QED) is 0.00923. The fourth-order valence-corrected chi connectivity index (χ4v) is 11.8. The van der Waals surface area contributed by atoms with Crippen molar-refractivity contribution in [3.63, 3.8) is 0 Å². The lowest BCUT2D eigenvalue weighted by atomic mass is 9.94. The van der Waals surface area contributed by atoms with Gasteiger partial charge in [-0.1, -0.05) is 38.0 Å². The zero-order valence-corrected chi connectivity index (χ0v) is 66.7. The molecule has 6 rings (SSSR count). The second-order valence-corrected chi connectivity index (χ2v) is 27.1. The number of hydrogen-bond donors (Lipinski definition) is 16. The summed E-state index contributed by atoms with van der Waals surface area (Å²) in [5.74, 6) is -11.2. The molecule has 0 aromatic heterocycles. The maximum atomic E-state index is 12.9. The van der Waals surface area contributed by atoms with Crippen LogP contribution in [0.2, 0.25) is 0 Å². The summed E-state index contributed by atoms with van der Waals surface area (Å²) in [6.45, 7) is 26.0. The van der Waals surface area contributed by atoms with Gasteiger partial charge in [0.2, 0.25) is 17.7 Å². The van der Waals surface area contributed by atoms with Gasteiger partial charge in [0.1, 0.15) is 141 Å². The highest BCUT2D eigenvalue weighted by atomic mass is 16.8. The number of amides is 3. The minimum atomic E-state index is -2.34. The van der Waals surface area contributed by atoms with E-state index in [4.69, 9.17) is 75.8 Å². The first-order valence-electron chi connectivity index (χ1n) is 36.4. The Balaban J connectivity index is 0.000000557. The van der Waals surface area contributed by atoms with Crippen LogP contribution in [0.4, 0.5) is 0 Å². The number of carbonyl (C=O) groups is 12. The molecular formula is C73H109N3O43. The third kappa shape index (κ3) is 30.6. The predicted octanol–water partition coefficient (Wildman–Crippen LogP) is -5.98. The molecular weight excluding hydrogens is 1610 g/mol. The number of carbonyl (C=O) groups excluding carboxylic acids is 9. The molecule has 16 N–H and O–H groups in total. The van der Waals surface area contributed by atoms with E-state index in [1.54, 1.807) is 12.2 Å². The molecule has 3 amide bonds. The average Bonchev–Trinajstić information content (AvgIpc) is 0.767. The van der Waals surface area contributed by atoms with Crippen LogP contribution < -0.4 is 16.0 Å². The van der Waals surface area contributed by atoms with Gasteiger partial charge in [-0.25, -0.2) is 28.8 Å². The van der Waals surface area contributed by atoms with E-state index in [0.717, 1.165) is 28.1 Å². The number of carboxylic acid groups (broad SMARTS) is 3. The third-order valence-electron chi connectivity index (χ3n) is 17.8. The summed E-state index contributed by atoms with van der Waals surface area (Å²) in [5, 5.41) is 145. The number of carboxylic acids is 3. The highest BCUT2D eigenvalue weighted by Crippen LogP contribution is 2.37. The molecule has 6 fully saturated rings. The second kappa shape index (κ2) is 50.7. The molecule has 0 aliphatic carbocycles. The molecule has 119 heavy (non-hydrogen) atoms. The molecule has 6 aliphatic heterocycles. The zero-order chi connectivity index (χ0) is 90.3. The summed E-state index contributed by atoms with van der Waals surface area (Å²) in [4.78, 5) is 141. The van der Waals surface area contributed by atoms with Gasteiger partial charge in [-0.3, -0.25) is 28.8 Å². The van der Waals surface area contributed by atoms with Crippen molar-refractivity contribution in [1.82, 2.24) is 16.0 Å². The lowest BCUT2D eigenvalue weighted by molar-refractivity contribution is -0.369. The van der Waals surface area contributed by atoms with Gasteiger partial charge in [-0.15, -0.1) is 19.7 Å². The number of aliphatic hydroxyl groups is 10. The van der Waals surface area contributed by atoms with Crippen LogP contribution in [-0.4, -0.2) is 370 Å². The first-order valence-corrected chi connectivity index (χ1v) is 36.4. The van der Waals surface area contributed by atoms with Crippen molar-refractivity contribution in [1.29, 1.82) is 0 Å². The van der Waals surface area contributed by atoms with E-state index in [-0.39, 0.29) is 42.4 Å². The Bertz CT molecular complexity index is 3420. The van der Waals surface area contributed by atoms with Gasteiger partial charge in [0.05, 0.1) is 6.61 Å². The normalized spacial score (nSPS) is 33.9. The molecule has 0 aromatic carbocycles. The van der Waals surface area contributed by atoms with Crippen molar-refractivity contribution in [3.8, 4) is 0 Å². The minimum absolute atomic E-state index is 0.0617.